The molecule has 0 spiro atoms. The Bertz CT molecular complexity index is 468. The smallest absolute Gasteiger partial charge is 0.122 e. The Morgan fingerprint density at radius 1 is 1.38 bits per heavy atom. The Hall–Kier alpha value is -1.77. The second-order valence-electron chi connectivity index (χ2n) is 3.17. The Kier molecular flexibility index (Phi) is 1.59. The van der Waals surface area contributed by atoms with Crippen molar-refractivity contribution in [3.8, 4) is 0 Å². The second-order valence-corrected chi connectivity index (χ2v) is 3.17. The number of fused-ring (bicyclic) bond motifs is 1. The van der Waals surface area contributed by atoms with E-state index in [2.05, 4.69) is 4.98 Å². The highest BCUT2D eigenvalue weighted by atomic mass is 14.7. The van der Waals surface area contributed by atoms with Crippen molar-refractivity contribution in [1.82, 2.24) is 4.98 Å². The number of aromatic nitrogens is 1. The fourth-order valence-electron chi connectivity index (χ4n) is 1.45. The van der Waals surface area contributed by atoms with Crippen LogP contribution >= 0.6 is 0 Å². The fourth-order valence-corrected chi connectivity index (χ4v) is 1.45. The standard InChI is InChI=1S/C10H11N3/c1-6-4-8-5-7(10(11)12)2-3-9(8)13-6/h2-5,13H,1H3,(H3,11,12). The van der Waals surface area contributed by atoms with Crippen LogP contribution in [0.3, 0.4) is 0 Å². The van der Waals surface area contributed by atoms with E-state index in [4.69, 9.17) is 11.1 Å². The van der Waals surface area contributed by atoms with Gasteiger partial charge in [0.25, 0.3) is 0 Å². The molecule has 0 aliphatic rings. The molecule has 1 heterocycles. The van der Waals surface area contributed by atoms with Crippen LogP contribution in [-0.4, -0.2) is 10.8 Å². The molecule has 2 aromatic rings. The predicted octanol–water partition coefficient (Wildman–Crippen LogP) is 1.76. The number of nitrogen functional groups attached to an aromatic ring is 1. The van der Waals surface area contributed by atoms with Crippen LogP contribution in [0.15, 0.2) is 24.3 Å². The number of amidine groups is 1. The molecule has 0 bridgehead atoms. The third-order valence-corrected chi connectivity index (χ3v) is 2.07. The summed E-state index contributed by atoms with van der Waals surface area (Å²) < 4.78 is 0. The molecule has 1 aromatic carbocycles. The Labute approximate surface area is 76.1 Å². The lowest BCUT2D eigenvalue weighted by molar-refractivity contribution is 1.30. The Balaban J connectivity index is 2.67. The molecule has 13 heavy (non-hydrogen) atoms. The highest BCUT2D eigenvalue weighted by molar-refractivity contribution is 5.98. The minimum atomic E-state index is 0.112. The van der Waals surface area contributed by atoms with Crippen LogP contribution in [0.2, 0.25) is 0 Å². The number of rotatable bonds is 1. The van der Waals surface area contributed by atoms with E-state index in [0.717, 1.165) is 22.2 Å². The lowest BCUT2D eigenvalue weighted by atomic mass is 10.1. The van der Waals surface area contributed by atoms with Crippen molar-refractivity contribution in [2.75, 3.05) is 0 Å². The zero-order valence-corrected chi connectivity index (χ0v) is 7.39. The van der Waals surface area contributed by atoms with Crippen molar-refractivity contribution in [3.05, 3.63) is 35.5 Å². The number of nitrogens with two attached hydrogens (primary N) is 1. The van der Waals surface area contributed by atoms with Gasteiger partial charge in [-0.2, -0.15) is 0 Å². The minimum Gasteiger partial charge on any atom is -0.384 e. The maximum atomic E-state index is 7.28. The second kappa shape index (κ2) is 2.62. The monoisotopic (exact) mass is 173 g/mol. The van der Waals surface area contributed by atoms with Gasteiger partial charge in [0, 0.05) is 22.2 Å². The van der Waals surface area contributed by atoms with E-state index in [0.29, 0.717) is 0 Å². The molecule has 2 rings (SSSR count). The van der Waals surface area contributed by atoms with E-state index in [1.165, 1.54) is 0 Å². The van der Waals surface area contributed by atoms with Gasteiger partial charge in [0.2, 0.25) is 0 Å². The molecule has 0 fully saturated rings. The van der Waals surface area contributed by atoms with Gasteiger partial charge in [-0.25, -0.2) is 0 Å². The Morgan fingerprint density at radius 2 is 2.15 bits per heavy atom. The summed E-state index contributed by atoms with van der Waals surface area (Å²) in [6.07, 6.45) is 0. The molecular weight excluding hydrogens is 162 g/mol. The number of aromatic amines is 1. The normalized spacial score (nSPS) is 10.5. The van der Waals surface area contributed by atoms with Gasteiger partial charge in [0.1, 0.15) is 5.84 Å². The maximum Gasteiger partial charge on any atom is 0.122 e. The molecule has 0 amide bonds. The van der Waals surface area contributed by atoms with Crippen LogP contribution in [-0.2, 0) is 0 Å². The molecule has 66 valence electrons. The van der Waals surface area contributed by atoms with Gasteiger partial charge in [0.15, 0.2) is 0 Å². The van der Waals surface area contributed by atoms with Crippen molar-refractivity contribution < 1.29 is 0 Å². The van der Waals surface area contributed by atoms with Crippen molar-refractivity contribution in [2.24, 2.45) is 5.73 Å². The van der Waals surface area contributed by atoms with Crippen molar-refractivity contribution >= 4 is 16.7 Å². The van der Waals surface area contributed by atoms with E-state index < -0.39 is 0 Å². The minimum absolute atomic E-state index is 0.112. The van der Waals surface area contributed by atoms with Crippen molar-refractivity contribution in [1.29, 1.82) is 5.41 Å². The number of hydrogen-bond donors (Lipinski definition) is 3. The van der Waals surface area contributed by atoms with Crippen molar-refractivity contribution in [2.45, 2.75) is 6.92 Å². The molecular formula is C10H11N3. The first kappa shape index (κ1) is 7.86. The first-order chi connectivity index (χ1) is 6.16. The molecule has 3 heteroatoms. The van der Waals surface area contributed by atoms with E-state index in [1.807, 2.05) is 31.2 Å². The summed E-state index contributed by atoms with van der Waals surface area (Å²) in [5.41, 5.74) is 8.36. The summed E-state index contributed by atoms with van der Waals surface area (Å²) in [5, 5.41) is 8.39. The number of aryl methyl sites for hydroxylation is 1. The zero-order valence-electron chi connectivity index (χ0n) is 7.39. The van der Waals surface area contributed by atoms with Gasteiger partial charge < -0.3 is 10.7 Å². The topological polar surface area (TPSA) is 65.7 Å². The molecule has 0 radical (unpaired) electrons. The van der Waals surface area contributed by atoms with Crippen LogP contribution in [0.25, 0.3) is 10.9 Å². The van der Waals surface area contributed by atoms with E-state index in [-0.39, 0.29) is 5.84 Å². The van der Waals surface area contributed by atoms with Gasteiger partial charge in [-0.3, -0.25) is 5.41 Å². The van der Waals surface area contributed by atoms with Crippen LogP contribution in [0, 0.1) is 12.3 Å². The molecule has 0 unspecified atom stereocenters. The number of H-pyrrole nitrogens is 1. The molecule has 0 saturated carbocycles. The van der Waals surface area contributed by atoms with Crippen LogP contribution in [0.4, 0.5) is 0 Å². The Morgan fingerprint density at radius 3 is 2.85 bits per heavy atom. The maximum absolute atomic E-state index is 7.28. The average molecular weight is 173 g/mol. The number of benzene rings is 1. The van der Waals surface area contributed by atoms with Crippen LogP contribution in [0.1, 0.15) is 11.3 Å². The van der Waals surface area contributed by atoms with Crippen LogP contribution < -0.4 is 5.73 Å². The number of hydrogen-bond acceptors (Lipinski definition) is 1. The summed E-state index contributed by atoms with van der Waals surface area (Å²) in [6, 6.07) is 7.75. The summed E-state index contributed by atoms with van der Waals surface area (Å²) in [5.74, 6) is 0.112. The molecule has 0 aliphatic carbocycles. The zero-order chi connectivity index (χ0) is 9.42. The average Bonchev–Trinajstić information content (AvgIpc) is 2.42. The summed E-state index contributed by atoms with van der Waals surface area (Å²) in [6.45, 7) is 2.01. The van der Waals surface area contributed by atoms with Gasteiger partial charge >= 0.3 is 0 Å². The largest absolute Gasteiger partial charge is 0.384 e. The third kappa shape index (κ3) is 1.28. The highest BCUT2D eigenvalue weighted by Crippen LogP contribution is 2.16. The summed E-state index contributed by atoms with van der Waals surface area (Å²) >= 11 is 0. The molecule has 1 aromatic heterocycles. The molecule has 0 aliphatic heterocycles. The van der Waals surface area contributed by atoms with E-state index in [1.54, 1.807) is 0 Å². The summed E-state index contributed by atoms with van der Waals surface area (Å²) in [7, 11) is 0. The first-order valence-electron chi connectivity index (χ1n) is 4.10. The molecule has 0 atom stereocenters. The quantitative estimate of drug-likeness (QED) is 0.446. The number of nitrogens with one attached hydrogen (secondary N) is 2. The van der Waals surface area contributed by atoms with Crippen molar-refractivity contribution in [3.63, 3.8) is 0 Å². The van der Waals surface area contributed by atoms with E-state index in [9.17, 15) is 0 Å². The van der Waals surface area contributed by atoms with Gasteiger partial charge in [-0.15, -0.1) is 0 Å². The van der Waals surface area contributed by atoms with Crippen LogP contribution in [0.5, 0.6) is 0 Å². The SMILES string of the molecule is Cc1cc2cc(C(=N)N)ccc2[nH]1. The third-order valence-electron chi connectivity index (χ3n) is 2.07. The molecule has 4 N–H and O–H groups in total. The molecule has 0 saturated heterocycles. The fraction of sp³-hybridized carbons (Fsp3) is 0.100. The molecule has 3 nitrogen and oxygen atoms in total. The van der Waals surface area contributed by atoms with Gasteiger partial charge in [0.05, 0.1) is 0 Å². The highest BCUT2D eigenvalue weighted by Gasteiger charge is 2.00. The lowest BCUT2D eigenvalue weighted by Gasteiger charge is -1.96. The van der Waals surface area contributed by atoms with E-state index >= 15 is 0 Å². The summed E-state index contributed by atoms with van der Waals surface area (Å²) in [4.78, 5) is 3.21. The van der Waals surface area contributed by atoms with Gasteiger partial charge in [-0.1, -0.05) is 0 Å². The predicted molar refractivity (Wildman–Crippen MR) is 54.1 cm³/mol. The lowest BCUT2D eigenvalue weighted by Crippen LogP contribution is -2.10. The first-order valence-corrected chi connectivity index (χ1v) is 4.10. The van der Waals surface area contributed by atoms with Gasteiger partial charge in [-0.05, 0) is 31.2 Å².